The zero-order valence-electron chi connectivity index (χ0n) is 16.9. The van der Waals surface area contributed by atoms with Crippen molar-refractivity contribution in [3.05, 3.63) is 54.1 Å². The Labute approximate surface area is 174 Å². The number of nitrogens with one attached hydrogen (secondary N) is 1. The highest BCUT2D eigenvalue weighted by molar-refractivity contribution is 5.98. The number of methoxy groups -OCH3 is 1. The van der Waals surface area contributed by atoms with Crippen LogP contribution in [0, 0.1) is 0 Å². The number of carbonyl (C=O) groups excluding carboxylic acids is 3. The molecule has 0 radical (unpaired) electrons. The Balaban J connectivity index is 1.46. The van der Waals surface area contributed by atoms with Gasteiger partial charge in [-0.2, -0.15) is 0 Å². The third kappa shape index (κ3) is 5.28. The number of anilines is 1. The van der Waals surface area contributed by atoms with Crippen molar-refractivity contribution in [2.75, 3.05) is 25.2 Å². The van der Waals surface area contributed by atoms with Crippen molar-refractivity contribution in [1.29, 1.82) is 0 Å². The molecule has 8 heteroatoms. The summed E-state index contributed by atoms with van der Waals surface area (Å²) in [5, 5.41) is 2.73. The van der Waals surface area contributed by atoms with Crippen LogP contribution < -0.4 is 19.7 Å². The summed E-state index contributed by atoms with van der Waals surface area (Å²) in [6.07, 6.45) is -0.973. The van der Waals surface area contributed by atoms with Crippen LogP contribution in [0.4, 0.5) is 5.69 Å². The van der Waals surface area contributed by atoms with Gasteiger partial charge in [-0.15, -0.1) is 0 Å². The lowest BCUT2D eigenvalue weighted by molar-refractivity contribution is -0.154. The minimum Gasteiger partial charge on any atom is -0.497 e. The minimum atomic E-state index is -0.941. The van der Waals surface area contributed by atoms with E-state index in [2.05, 4.69) is 5.32 Å². The number of hydrogen-bond donors (Lipinski definition) is 1. The predicted molar refractivity (Wildman–Crippen MR) is 109 cm³/mol. The largest absolute Gasteiger partial charge is 0.497 e. The molecular weight excluding hydrogens is 388 g/mol. The van der Waals surface area contributed by atoms with Gasteiger partial charge in [-0.1, -0.05) is 24.3 Å². The van der Waals surface area contributed by atoms with Gasteiger partial charge in [0, 0.05) is 13.1 Å². The molecule has 1 aliphatic heterocycles. The lowest BCUT2D eigenvalue weighted by atomic mass is 10.2. The number of nitrogens with zero attached hydrogens (tertiary/aromatic N) is 1. The topological polar surface area (TPSA) is 94.2 Å². The maximum absolute atomic E-state index is 12.2. The molecule has 0 bridgehead atoms. The number of amides is 2. The van der Waals surface area contributed by atoms with Crippen LogP contribution in [0.3, 0.4) is 0 Å². The van der Waals surface area contributed by atoms with Gasteiger partial charge in [-0.05, 0) is 36.8 Å². The molecule has 1 atom stereocenters. The van der Waals surface area contributed by atoms with E-state index >= 15 is 0 Å². The van der Waals surface area contributed by atoms with Gasteiger partial charge in [0.05, 0.1) is 19.2 Å². The Morgan fingerprint density at radius 3 is 2.63 bits per heavy atom. The smallest absolute Gasteiger partial charge is 0.308 e. The van der Waals surface area contributed by atoms with Crippen molar-refractivity contribution in [2.45, 2.75) is 26.0 Å². The summed E-state index contributed by atoms with van der Waals surface area (Å²) >= 11 is 0. The fourth-order valence-corrected chi connectivity index (χ4v) is 2.99. The van der Waals surface area contributed by atoms with Crippen molar-refractivity contribution in [3.8, 4) is 11.5 Å². The molecule has 0 saturated heterocycles. The van der Waals surface area contributed by atoms with Crippen molar-refractivity contribution in [3.63, 3.8) is 0 Å². The van der Waals surface area contributed by atoms with Crippen LogP contribution in [0.15, 0.2) is 48.5 Å². The van der Waals surface area contributed by atoms with Gasteiger partial charge in [0.1, 0.15) is 11.5 Å². The van der Waals surface area contributed by atoms with Crippen molar-refractivity contribution >= 4 is 23.5 Å². The maximum atomic E-state index is 12.2. The number of esters is 1. The second-order valence-corrected chi connectivity index (χ2v) is 6.75. The first-order valence-electron chi connectivity index (χ1n) is 9.60. The highest BCUT2D eigenvalue weighted by atomic mass is 16.5. The fourth-order valence-electron chi connectivity index (χ4n) is 2.99. The highest BCUT2D eigenvalue weighted by Crippen LogP contribution is 2.31. The summed E-state index contributed by atoms with van der Waals surface area (Å²) in [7, 11) is 1.58. The zero-order valence-corrected chi connectivity index (χ0v) is 16.9. The first-order valence-corrected chi connectivity index (χ1v) is 9.60. The van der Waals surface area contributed by atoms with E-state index in [0.29, 0.717) is 18.0 Å². The molecule has 8 nitrogen and oxygen atoms in total. The molecule has 0 fully saturated rings. The molecule has 3 rings (SSSR count). The molecule has 1 N–H and O–H groups in total. The number of benzene rings is 2. The summed E-state index contributed by atoms with van der Waals surface area (Å²) in [5.74, 6) is 0.142. The maximum Gasteiger partial charge on any atom is 0.308 e. The van der Waals surface area contributed by atoms with E-state index in [9.17, 15) is 14.4 Å². The zero-order chi connectivity index (χ0) is 21.5. The quantitative estimate of drug-likeness (QED) is 0.667. The monoisotopic (exact) mass is 412 g/mol. The molecular formula is C22H24N2O6. The van der Waals surface area contributed by atoms with Gasteiger partial charge in [0.25, 0.3) is 11.8 Å². The van der Waals surface area contributed by atoms with Gasteiger partial charge in [-0.3, -0.25) is 14.4 Å². The Morgan fingerprint density at radius 2 is 1.90 bits per heavy atom. The summed E-state index contributed by atoms with van der Waals surface area (Å²) in [5.41, 5.74) is 1.51. The minimum absolute atomic E-state index is 0.0316. The number of para-hydroxylation sites is 2. The first kappa shape index (κ1) is 21.2. The van der Waals surface area contributed by atoms with E-state index in [1.807, 2.05) is 18.2 Å². The van der Waals surface area contributed by atoms with Gasteiger partial charge >= 0.3 is 5.97 Å². The molecule has 1 aliphatic rings. The van der Waals surface area contributed by atoms with Gasteiger partial charge in [0.2, 0.25) is 0 Å². The summed E-state index contributed by atoms with van der Waals surface area (Å²) in [6.45, 7) is 1.90. The molecule has 0 spiro atoms. The Hall–Kier alpha value is -3.55. The number of ether oxygens (including phenoxy) is 3. The van der Waals surface area contributed by atoms with E-state index in [0.717, 1.165) is 11.3 Å². The molecule has 0 aliphatic carbocycles. The van der Waals surface area contributed by atoms with E-state index in [1.54, 1.807) is 37.4 Å². The molecule has 2 aromatic carbocycles. The lowest BCUT2D eigenvalue weighted by Crippen LogP contribution is -2.41. The number of carbonyl (C=O) groups is 3. The molecule has 1 heterocycles. The third-order valence-electron chi connectivity index (χ3n) is 4.65. The molecule has 2 amide bonds. The molecule has 0 saturated carbocycles. The van der Waals surface area contributed by atoms with Gasteiger partial charge < -0.3 is 24.4 Å². The number of hydrogen-bond acceptors (Lipinski definition) is 6. The highest BCUT2D eigenvalue weighted by Gasteiger charge is 2.26. The van der Waals surface area contributed by atoms with Crippen molar-refractivity contribution in [2.24, 2.45) is 0 Å². The van der Waals surface area contributed by atoms with Crippen LogP contribution >= 0.6 is 0 Å². The van der Waals surface area contributed by atoms with E-state index < -0.39 is 18.0 Å². The molecule has 158 valence electrons. The average Bonchev–Trinajstić information content (AvgIpc) is 2.77. The second-order valence-electron chi connectivity index (χ2n) is 6.75. The normalized spacial score (nSPS) is 13.7. The Bertz CT molecular complexity index is 912. The Morgan fingerprint density at radius 1 is 1.17 bits per heavy atom. The van der Waals surface area contributed by atoms with Crippen LogP contribution in [-0.4, -0.2) is 44.1 Å². The number of rotatable bonds is 8. The SMILES string of the molecule is COc1ccc(CNC(=O)[C@H](C)OC(=O)CCN2C(=O)COc3ccccc32)cc1. The number of fused-ring (bicyclic) bond motifs is 1. The van der Waals surface area contributed by atoms with Gasteiger partial charge in [0.15, 0.2) is 12.7 Å². The molecule has 0 aromatic heterocycles. The average molecular weight is 412 g/mol. The molecule has 2 aromatic rings. The van der Waals surface area contributed by atoms with Crippen LogP contribution in [0.2, 0.25) is 0 Å². The fraction of sp³-hybridized carbons (Fsp3) is 0.318. The van der Waals surface area contributed by atoms with E-state index in [4.69, 9.17) is 14.2 Å². The summed E-state index contributed by atoms with van der Waals surface area (Å²) in [6, 6.07) is 14.4. The van der Waals surface area contributed by atoms with Crippen LogP contribution in [0.5, 0.6) is 11.5 Å². The first-order chi connectivity index (χ1) is 14.5. The predicted octanol–water partition coefficient (Wildman–Crippen LogP) is 2.06. The molecule has 0 unspecified atom stereocenters. The second kappa shape index (κ2) is 9.78. The van der Waals surface area contributed by atoms with Crippen molar-refractivity contribution in [1.82, 2.24) is 5.32 Å². The molecule has 30 heavy (non-hydrogen) atoms. The summed E-state index contributed by atoms with van der Waals surface area (Å²) < 4.78 is 15.7. The van der Waals surface area contributed by atoms with E-state index in [-0.39, 0.29) is 25.5 Å². The summed E-state index contributed by atoms with van der Waals surface area (Å²) in [4.78, 5) is 38.0. The standard InChI is InChI=1S/C22H24N2O6/c1-15(22(27)23-13-16-7-9-17(28-2)10-8-16)30-21(26)11-12-24-18-5-3-4-6-19(18)29-14-20(24)25/h3-10,15H,11-14H2,1-2H3,(H,23,27)/t15-/m0/s1. The lowest BCUT2D eigenvalue weighted by Gasteiger charge is -2.29. The van der Waals surface area contributed by atoms with Crippen LogP contribution in [-0.2, 0) is 25.7 Å². The van der Waals surface area contributed by atoms with E-state index in [1.165, 1.54) is 11.8 Å². The third-order valence-corrected chi connectivity index (χ3v) is 4.65. The Kier molecular flexibility index (Phi) is 6.90. The van der Waals surface area contributed by atoms with Crippen LogP contribution in [0.1, 0.15) is 18.9 Å². The van der Waals surface area contributed by atoms with Crippen LogP contribution in [0.25, 0.3) is 0 Å². The van der Waals surface area contributed by atoms with Crippen molar-refractivity contribution < 1.29 is 28.6 Å². The van der Waals surface area contributed by atoms with Gasteiger partial charge in [-0.25, -0.2) is 0 Å².